The third-order valence-corrected chi connectivity index (χ3v) is 2.87. The van der Waals surface area contributed by atoms with Crippen molar-refractivity contribution in [3.8, 4) is 0 Å². The highest BCUT2D eigenvalue weighted by Crippen LogP contribution is 2.15. The number of carbonyl (C=O) groups excluding carboxylic acids is 1. The van der Waals surface area contributed by atoms with Crippen LogP contribution in [0.4, 0.5) is 0 Å². The van der Waals surface area contributed by atoms with Gasteiger partial charge in [-0.25, -0.2) is 0 Å². The minimum absolute atomic E-state index is 0.126. The van der Waals surface area contributed by atoms with E-state index in [0.29, 0.717) is 12.8 Å². The van der Waals surface area contributed by atoms with Crippen LogP contribution in [0.1, 0.15) is 32.8 Å². The maximum absolute atomic E-state index is 12.2. The van der Waals surface area contributed by atoms with Crippen molar-refractivity contribution in [3.63, 3.8) is 0 Å². The van der Waals surface area contributed by atoms with Crippen LogP contribution in [0.15, 0.2) is 30.3 Å². The molecule has 4 heteroatoms. The van der Waals surface area contributed by atoms with Gasteiger partial charge >= 0.3 is 5.97 Å². The van der Waals surface area contributed by atoms with Gasteiger partial charge in [0.1, 0.15) is 6.54 Å². The fraction of sp³-hybridized carbons (Fsp3) is 0.467. The second kappa shape index (κ2) is 6.36. The first-order valence-electron chi connectivity index (χ1n) is 6.37. The zero-order chi connectivity index (χ0) is 14.5. The number of rotatable bonds is 5. The van der Waals surface area contributed by atoms with Crippen molar-refractivity contribution in [2.45, 2.75) is 39.2 Å². The summed E-state index contributed by atoms with van der Waals surface area (Å²) in [5.74, 6) is -1.11. The second-order valence-electron chi connectivity index (χ2n) is 5.53. The third-order valence-electron chi connectivity index (χ3n) is 2.87. The van der Waals surface area contributed by atoms with Crippen molar-refractivity contribution in [3.05, 3.63) is 35.9 Å². The fourth-order valence-electron chi connectivity index (χ4n) is 1.87. The van der Waals surface area contributed by atoms with E-state index in [-0.39, 0.29) is 12.5 Å². The van der Waals surface area contributed by atoms with Crippen LogP contribution in [-0.2, 0) is 16.0 Å². The van der Waals surface area contributed by atoms with E-state index in [0.717, 1.165) is 5.56 Å². The number of carboxylic acids is 1. The Labute approximate surface area is 114 Å². The largest absolute Gasteiger partial charge is 0.480 e. The second-order valence-corrected chi connectivity index (χ2v) is 5.53. The van der Waals surface area contributed by atoms with E-state index in [2.05, 4.69) is 0 Å². The summed E-state index contributed by atoms with van der Waals surface area (Å²) in [5, 5.41) is 8.89. The Morgan fingerprint density at radius 1 is 1.16 bits per heavy atom. The van der Waals surface area contributed by atoms with Gasteiger partial charge in [-0.15, -0.1) is 0 Å². The normalized spacial score (nSPS) is 11.1. The molecule has 0 bridgehead atoms. The molecule has 0 heterocycles. The van der Waals surface area contributed by atoms with Crippen molar-refractivity contribution in [1.82, 2.24) is 4.90 Å². The number of aryl methyl sites for hydroxylation is 1. The molecule has 0 aromatic heterocycles. The lowest BCUT2D eigenvalue weighted by Crippen LogP contribution is -2.48. The van der Waals surface area contributed by atoms with Gasteiger partial charge in [0.15, 0.2) is 0 Å². The van der Waals surface area contributed by atoms with Gasteiger partial charge in [-0.3, -0.25) is 9.59 Å². The number of carboxylic acid groups (broad SMARTS) is 1. The van der Waals surface area contributed by atoms with Gasteiger partial charge < -0.3 is 10.0 Å². The van der Waals surface area contributed by atoms with E-state index in [1.54, 1.807) is 0 Å². The van der Waals surface area contributed by atoms with Gasteiger partial charge in [0.05, 0.1) is 0 Å². The molecular weight excluding hydrogens is 242 g/mol. The number of carbonyl (C=O) groups is 2. The predicted octanol–water partition coefficient (Wildman–Crippen LogP) is 2.33. The van der Waals surface area contributed by atoms with Crippen LogP contribution in [0.5, 0.6) is 0 Å². The molecule has 0 saturated carbocycles. The van der Waals surface area contributed by atoms with E-state index in [4.69, 9.17) is 5.11 Å². The Bertz CT molecular complexity index is 434. The predicted molar refractivity (Wildman–Crippen MR) is 73.9 cm³/mol. The number of benzene rings is 1. The standard InChI is InChI=1S/C15H21NO3/c1-15(2,3)16(11-14(18)19)13(17)10-9-12-7-5-4-6-8-12/h4-8H,9-11H2,1-3H3,(H,18,19). The highest BCUT2D eigenvalue weighted by atomic mass is 16.4. The van der Waals surface area contributed by atoms with Crippen molar-refractivity contribution >= 4 is 11.9 Å². The van der Waals surface area contributed by atoms with Gasteiger partial charge in [0.25, 0.3) is 0 Å². The number of nitrogens with zero attached hydrogens (tertiary/aromatic N) is 1. The van der Waals surface area contributed by atoms with Crippen LogP contribution >= 0.6 is 0 Å². The quantitative estimate of drug-likeness (QED) is 0.887. The number of hydrogen-bond donors (Lipinski definition) is 1. The lowest BCUT2D eigenvalue weighted by molar-refractivity contribution is -0.148. The molecule has 0 fully saturated rings. The molecule has 104 valence electrons. The molecule has 0 unspecified atom stereocenters. The molecule has 0 aliphatic rings. The number of aliphatic carboxylic acids is 1. The van der Waals surface area contributed by atoms with Crippen molar-refractivity contribution in [2.24, 2.45) is 0 Å². The molecule has 0 spiro atoms. The molecule has 19 heavy (non-hydrogen) atoms. The van der Waals surface area contributed by atoms with Gasteiger partial charge in [-0.1, -0.05) is 30.3 Å². The van der Waals surface area contributed by atoms with E-state index in [1.165, 1.54) is 4.90 Å². The molecule has 1 aromatic carbocycles. The first-order valence-corrected chi connectivity index (χ1v) is 6.37. The molecule has 1 rings (SSSR count). The van der Waals surface area contributed by atoms with Crippen LogP contribution in [-0.4, -0.2) is 34.0 Å². The van der Waals surface area contributed by atoms with Crippen LogP contribution < -0.4 is 0 Å². The van der Waals surface area contributed by atoms with Crippen LogP contribution in [0.3, 0.4) is 0 Å². The molecule has 0 atom stereocenters. The van der Waals surface area contributed by atoms with Crippen molar-refractivity contribution in [1.29, 1.82) is 0 Å². The van der Waals surface area contributed by atoms with E-state index in [1.807, 2.05) is 51.1 Å². The van der Waals surface area contributed by atoms with Gasteiger partial charge in [-0.05, 0) is 32.8 Å². The monoisotopic (exact) mass is 263 g/mol. The average Bonchev–Trinajstić information content (AvgIpc) is 2.33. The summed E-state index contributed by atoms with van der Waals surface area (Å²) in [6, 6.07) is 9.71. The SMILES string of the molecule is CC(C)(C)N(CC(=O)O)C(=O)CCc1ccccc1. The molecule has 4 nitrogen and oxygen atoms in total. The molecule has 0 saturated heterocycles. The van der Waals surface area contributed by atoms with Gasteiger partial charge in [-0.2, -0.15) is 0 Å². The molecule has 0 aliphatic heterocycles. The Kier molecular flexibility index (Phi) is 5.10. The Morgan fingerprint density at radius 2 is 1.74 bits per heavy atom. The zero-order valence-electron chi connectivity index (χ0n) is 11.7. The average molecular weight is 263 g/mol. The van der Waals surface area contributed by atoms with E-state index < -0.39 is 11.5 Å². The van der Waals surface area contributed by atoms with Crippen LogP contribution in [0, 0.1) is 0 Å². The van der Waals surface area contributed by atoms with Crippen molar-refractivity contribution in [2.75, 3.05) is 6.54 Å². The lowest BCUT2D eigenvalue weighted by Gasteiger charge is -2.34. The molecule has 1 aromatic rings. The first-order chi connectivity index (χ1) is 8.80. The number of hydrogen-bond acceptors (Lipinski definition) is 2. The minimum atomic E-state index is -0.983. The molecule has 0 radical (unpaired) electrons. The van der Waals surface area contributed by atoms with Gasteiger partial charge in [0, 0.05) is 12.0 Å². The summed E-state index contributed by atoms with van der Waals surface area (Å²) < 4.78 is 0. The fourth-order valence-corrected chi connectivity index (χ4v) is 1.87. The highest BCUT2D eigenvalue weighted by molar-refractivity contribution is 5.82. The smallest absolute Gasteiger partial charge is 0.323 e. The zero-order valence-corrected chi connectivity index (χ0v) is 11.7. The minimum Gasteiger partial charge on any atom is -0.480 e. The lowest BCUT2D eigenvalue weighted by atomic mass is 10.0. The Hall–Kier alpha value is -1.84. The maximum Gasteiger partial charge on any atom is 0.323 e. The number of amides is 1. The molecule has 1 N–H and O–H groups in total. The summed E-state index contributed by atoms with van der Waals surface area (Å²) in [7, 11) is 0. The van der Waals surface area contributed by atoms with E-state index in [9.17, 15) is 9.59 Å². The molecule has 0 aliphatic carbocycles. The van der Waals surface area contributed by atoms with E-state index >= 15 is 0 Å². The highest BCUT2D eigenvalue weighted by Gasteiger charge is 2.27. The summed E-state index contributed by atoms with van der Waals surface area (Å²) in [6.07, 6.45) is 0.959. The van der Waals surface area contributed by atoms with Crippen LogP contribution in [0.2, 0.25) is 0 Å². The summed E-state index contributed by atoms with van der Waals surface area (Å²) in [5.41, 5.74) is 0.603. The Morgan fingerprint density at radius 3 is 2.21 bits per heavy atom. The molecule has 1 amide bonds. The van der Waals surface area contributed by atoms with Crippen molar-refractivity contribution < 1.29 is 14.7 Å². The van der Waals surface area contributed by atoms with Gasteiger partial charge in [0.2, 0.25) is 5.91 Å². The summed E-state index contributed by atoms with van der Waals surface area (Å²) >= 11 is 0. The topological polar surface area (TPSA) is 57.6 Å². The maximum atomic E-state index is 12.2. The summed E-state index contributed by atoms with van der Waals surface area (Å²) in [6.45, 7) is 5.28. The molecular formula is C15H21NO3. The van der Waals surface area contributed by atoms with Crippen LogP contribution in [0.25, 0.3) is 0 Å². The third kappa shape index (κ3) is 5.12. The Balaban J connectivity index is 2.65. The first kappa shape index (κ1) is 15.2. The summed E-state index contributed by atoms with van der Waals surface area (Å²) in [4.78, 5) is 24.4.